The lowest BCUT2D eigenvalue weighted by molar-refractivity contribution is -0.128. The van der Waals surface area contributed by atoms with Crippen LogP contribution in [0.15, 0.2) is 5.38 Å². The van der Waals surface area contributed by atoms with E-state index in [-0.39, 0.29) is 17.9 Å². The average Bonchev–Trinajstić information content (AvgIpc) is 3.20. The molecule has 0 aromatic carbocycles. The summed E-state index contributed by atoms with van der Waals surface area (Å²) in [6.45, 7) is 5.76. The zero-order chi connectivity index (χ0) is 16.9. The summed E-state index contributed by atoms with van der Waals surface area (Å²) in [6, 6.07) is -0.155. The lowest BCUT2D eigenvalue weighted by Crippen LogP contribution is -2.42. The van der Waals surface area contributed by atoms with Crippen molar-refractivity contribution in [2.24, 2.45) is 5.73 Å². The molecule has 2 aliphatic rings. The zero-order valence-corrected chi connectivity index (χ0v) is 14.4. The molecule has 3 N–H and O–H groups in total. The van der Waals surface area contributed by atoms with Gasteiger partial charge in [-0.3, -0.25) is 14.5 Å². The van der Waals surface area contributed by atoms with Crippen molar-refractivity contribution in [1.82, 2.24) is 20.1 Å². The van der Waals surface area contributed by atoms with Gasteiger partial charge in [-0.05, 0) is 0 Å². The maximum absolute atomic E-state index is 12.2. The molecule has 2 saturated heterocycles. The van der Waals surface area contributed by atoms with Crippen molar-refractivity contribution in [2.75, 3.05) is 45.9 Å². The van der Waals surface area contributed by atoms with Crippen LogP contribution in [0.1, 0.15) is 21.9 Å². The summed E-state index contributed by atoms with van der Waals surface area (Å²) in [4.78, 5) is 32.6. The second-order valence-corrected chi connectivity index (χ2v) is 6.94. The SMILES string of the molecule is NCc1nc(C(=O)NC2CC(=O)N(CCN3CCOCC3)C2)cs1. The quantitative estimate of drug-likeness (QED) is 0.699. The Kier molecular flexibility index (Phi) is 5.77. The fraction of sp³-hybridized carbons (Fsp3) is 0.667. The molecular formula is C15H23N5O3S. The van der Waals surface area contributed by atoms with Crippen molar-refractivity contribution in [3.8, 4) is 0 Å². The van der Waals surface area contributed by atoms with Crippen molar-refractivity contribution in [3.05, 3.63) is 16.1 Å². The molecular weight excluding hydrogens is 330 g/mol. The average molecular weight is 353 g/mol. The van der Waals surface area contributed by atoms with Crippen molar-refractivity contribution < 1.29 is 14.3 Å². The molecule has 0 bridgehead atoms. The van der Waals surface area contributed by atoms with E-state index in [4.69, 9.17) is 10.5 Å². The third-order valence-electron chi connectivity index (χ3n) is 4.30. The predicted molar refractivity (Wildman–Crippen MR) is 89.7 cm³/mol. The normalized spacial score (nSPS) is 22.1. The highest BCUT2D eigenvalue weighted by molar-refractivity contribution is 7.09. The van der Waals surface area contributed by atoms with Crippen LogP contribution in [-0.2, 0) is 16.1 Å². The van der Waals surface area contributed by atoms with Crippen LogP contribution < -0.4 is 11.1 Å². The molecule has 132 valence electrons. The van der Waals surface area contributed by atoms with Gasteiger partial charge >= 0.3 is 0 Å². The first-order valence-corrected chi connectivity index (χ1v) is 9.07. The van der Waals surface area contributed by atoms with Gasteiger partial charge in [0.25, 0.3) is 5.91 Å². The molecule has 8 nitrogen and oxygen atoms in total. The Hall–Kier alpha value is -1.55. The van der Waals surface area contributed by atoms with Crippen LogP contribution in [0.3, 0.4) is 0 Å². The van der Waals surface area contributed by atoms with Crippen LogP contribution in [-0.4, -0.2) is 78.6 Å². The fourth-order valence-electron chi connectivity index (χ4n) is 2.94. The molecule has 3 heterocycles. The Balaban J connectivity index is 1.46. The van der Waals surface area contributed by atoms with Crippen LogP contribution in [0, 0.1) is 0 Å². The number of hydrogen-bond donors (Lipinski definition) is 2. The van der Waals surface area contributed by atoms with E-state index in [2.05, 4.69) is 15.2 Å². The van der Waals surface area contributed by atoms with Gasteiger partial charge in [0.2, 0.25) is 5.91 Å². The van der Waals surface area contributed by atoms with E-state index >= 15 is 0 Å². The van der Waals surface area contributed by atoms with Crippen molar-refractivity contribution in [3.63, 3.8) is 0 Å². The Morgan fingerprint density at radius 1 is 1.42 bits per heavy atom. The van der Waals surface area contributed by atoms with E-state index in [0.29, 0.717) is 31.7 Å². The monoisotopic (exact) mass is 353 g/mol. The molecule has 0 saturated carbocycles. The van der Waals surface area contributed by atoms with Gasteiger partial charge in [0.15, 0.2) is 0 Å². The van der Waals surface area contributed by atoms with Crippen LogP contribution in [0.5, 0.6) is 0 Å². The number of rotatable bonds is 6. The molecule has 2 fully saturated rings. The largest absolute Gasteiger partial charge is 0.379 e. The molecule has 0 aliphatic carbocycles. The van der Waals surface area contributed by atoms with E-state index in [1.165, 1.54) is 11.3 Å². The highest BCUT2D eigenvalue weighted by Gasteiger charge is 2.31. The first-order valence-electron chi connectivity index (χ1n) is 8.19. The van der Waals surface area contributed by atoms with Crippen LogP contribution >= 0.6 is 11.3 Å². The number of carbonyl (C=O) groups is 2. The lowest BCUT2D eigenvalue weighted by atomic mass is 10.2. The summed E-state index contributed by atoms with van der Waals surface area (Å²) in [6.07, 6.45) is 0.350. The van der Waals surface area contributed by atoms with E-state index in [1.54, 1.807) is 5.38 Å². The van der Waals surface area contributed by atoms with Gasteiger partial charge in [0.05, 0.1) is 19.3 Å². The summed E-state index contributed by atoms with van der Waals surface area (Å²) in [5.74, 6) is -0.145. The van der Waals surface area contributed by atoms with Gasteiger partial charge < -0.3 is 20.7 Å². The Labute approximate surface area is 145 Å². The number of thiazole rings is 1. The Bertz CT molecular complexity index is 587. The summed E-state index contributed by atoms with van der Waals surface area (Å²) < 4.78 is 5.32. The molecule has 2 aliphatic heterocycles. The number of nitrogens with zero attached hydrogens (tertiary/aromatic N) is 3. The van der Waals surface area contributed by atoms with Crippen LogP contribution in [0.2, 0.25) is 0 Å². The van der Waals surface area contributed by atoms with Crippen LogP contribution in [0.25, 0.3) is 0 Å². The number of ether oxygens (including phenoxy) is 1. The van der Waals surface area contributed by atoms with Gasteiger partial charge in [-0.2, -0.15) is 0 Å². The summed E-state index contributed by atoms with van der Waals surface area (Å²) >= 11 is 1.37. The second kappa shape index (κ2) is 8.02. The molecule has 9 heteroatoms. The molecule has 0 radical (unpaired) electrons. The van der Waals surface area contributed by atoms with E-state index in [1.807, 2.05) is 4.90 Å². The lowest BCUT2D eigenvalue weighted by Gasteiger charge is -2.28. The zero-order valence-electron chi connectivity index (χ0n) is 13.6. The molecule has 1 atom stereocenters. The maximum Gasteiger partial charge on any atom is 0.271 e. The first kappa shape index (κ1) is 17.3. The summed E-state index contributed by atoms with van der Waals surface area (Å²) in [5, 5.41) is 5.33. The van der Waals surface area contributed by atoms with Crippen molar-refractivity contribution in [2.45, 2.75) is 19.0 Å². The standard InChI is InChI=1S/C15H23N5O3S/c16-8-13-18-12(10-24-13)15(22)17-11-7-14(21)20(9-11)2-1-19-3-5-23-6-4-19/h10-11H,1-9,16H2,(H,17,22). The number of hydrogen-bond acceptors (Lipinski definition) is 7. The molecule has 2 amide bonds. The summed E-state index contributed by atoms with van der Waals surface area (Å²) in [5.41, 5.74) is 5.89. The minimum Gasteiger partial charge on any atom is -0.379 e. The minimum absolute atomic E-state index is 0.0921. The van der Waals surface area contributed by atoms with Gasteiger partial charge in [-0.1, -0.05) is 0 Å². The molecule has 1 aromatic heterocycles. The summed E-state index contributed by atoms with van der Waals surface area (Å²) in [7, 11) is 0. The van der Waals surface area contributed by atoms with Gasteiger partial charge in [0.1, 0.15) is 10.7 Å². The second-order valence-electron chi connectivity index (χ2n) is 6.00. The van der Waals surface area contributed by atoms with E-state index in [0.717, 1.165) is 37.9 Å². The third kappa shape index (κ3) is 4.29. The Morgan fingerprint density at radius 2 is 2.21 bits per heavy atom. The van der Waals surface area contributed by atoms with Gasteiger partial charge in [-0.25, -0.2) is 4.98 Å². The van der Waals surface area contributed by atoms with Crippen LogP contribution in [0.4, 0.5) is 0 Å². The number of nitrogens with two attached hydrogens (primary N) is 1. The molecule has 0 spiro atoms. The maximum atomic E-state index is 12.2. The molecule has 1 aromatic rings. The Morgan fingerprint density at radius 3 is 2.92 bits per heavy atom. The topological polar surface area (TPSA) is 101 Å². The van der Waals surface area contributed by atoms with Crippen molar-refractivity contribution >= 4 is 23.2 Å². The predicted octanol–water partition coefficient (Wildman–Crippen LogP) is -0.735. The number of carbonyl (C=O) groups excluding carboxylic acids is 2. The molecule has 3 rings (SSSR count). The molecule has 24 heavy (non-hydrogen) atoms. The highest BCUT2D eigenvalue weighted by Crippen LogP contribution is 2.13. The minimum atomic E-state index is -0.237. The highest BCUT2D eigenvalue weighted by atomic mass is 32.1. The number of aromatic nitrogens is 1. The van der Waals surface area contributed by atoms with E-state index < -0.39 is 0 Å². The third-order valence-corrected chi connectivity index (χ3v) is 5.17. The first-order chi connectivity index (χ1) is 11.7. The smallest absolute Gasteiger partial charge is 0.271 e. The number of likely N-dealkylation sites (tertiary alicyclic amines) is 1. The van der Waals surface area contributed by atoms with Gasteiger partial charge in [-0.15, -0.1) is 11.3 Å². The fourth-order valence-corrected chi connectivity index (χ4v) is 3.59. The van der Waals surface area contributed by atoms with E-state index in [9.17, 15) is 9.59 Å². The van der Waals surface area contributed by atoms with Gasteiger partial charge in [0, 0.05) is 51.1 Å². The number of nitrogens with one attached hydrogen (secondary N) is 1. The number of morpholine rings is 1. The molecule has 1 unspecified atom stereocenters. The number of amides is 2. The van der Waals surface area contributed by atoms with Crippen molar-refractivity contribution in [1.29, 1.82) is 0 Å².